The number of rotatable bonds is 6. The minimum Gasteiger partial charge on any atom is -0.479 e. The first-order valence-electron chi connectivity index (χ1n) is 6.63. The molecule has 1 aliphatic rings. The number of nitrogens with zero attached hydrogens (tertiary/aromatic N) is 2. The van der Waals surface area contributed by atoms with E-state index in [9.17, 15) is 9.90 Å². The maximum Gasteiger partial charge on any atom is 0.331 e. The van der Waals surface area contributed by atoms with Gasteiger partial charge in [0.05, 0.1) is 13.2 Å². The standard InChI is InChI=1S/C13H19N3O4/c1-3-5-20-10-7-9(2)14-12(15-10)16-13(11(17)18)4-6-19-8-13/h7H,3-6,8H2,1-2H3,(H,17,18)(H,14,15,16). The Morgan fingerprint density at radius 2 is 2.40 bits per heavy atom. The summed E-state index contributed by atoms with van der Waals surface area (Å²) >= 11 is 0. The van der Waals surface area contributed by atoms with Gasteiger partial charge in [0.2, 0.25) is 11.8 Å². The Bertz CT molecular complexity index is 487. The minimum atomic E-state index is -1.16. The van der Waals surface area contributed by atoms with Crippen LogP contribution in [0.15, 0.2) is 6.07 Å². The van der Waals surface area contributed by atoms with E-state index in [4.69, 9.17) is 9.47 Å². The van der Waals surface area contributed by atoms with E-state index in [2.05, 4.69) is 15.3 Å². The summed E-state index contributed by atoms with van der Waals surface area (Å²) in [6.07, 6.45) is 1.25. The van der Waals surface area contributed by atoms with Crippen LogP contribution in [0.25, 0.3) is 0 Å². The van der Waals surface area contributed by atoms with Crippen LogP contribution in [0.1, 0.15) is 25.5 Å². The van der Waals surface area contributed by atoms with Gasteiger partial charge in [-0.05, 0) is 13.3 Å². The average Bonchev–Trinajstić information content (AvgIpc) is 2.85. The van der Waals surface area contributed by atoms with Crippen molar-refractivity contribution in [3.8, 4) is 5.88 Å². The van der Waals surface area contributed by atoms with Gasteiger partial charge in [0, 0.05) is 24.8 Å². The number of carbonyl (C=O) groups is 1. The predicted octanol–water partition coefficient (Wildman–Crippen LogP) is 1.23. The summed E-state index contributed by atoms with van der Waals surface area (Å²) < 4.78 is 10.7. The number of carboxylic acid groups (broad SMARTS) is 1. The monoisotopic (exact) mass is 281 g/mol. The third kappa shape index (κ3) is 3.16. The number of nitrogens with one attached hydrogen (secondary N) is 1. The van der Waals surface area contributed by atoms with Gasteiger partial charge in [-0.15, -0.1) is 0 Å². The third-order valence-electron chi connectivity index (χ3n) is 3.07. The predicted molar refractivity (Wildman–Crippen MR) is 72.0 cm³/mol. The Morgan fingerprint density at radius 3 is 3.00 bits per heavy atom. The molecule has 1 unspecified atom stereocenters. The SMILES string of the molecule is CCCOc1cc(C)nc(NC2(C(=O)O)CCOC2)n1. The summed E-state index contributed by atoms with van der Waals surface area (Å²) in [5, 5.41) is 12.3. The highest BCUT2D eigenvalue weighted by molar-refractivity contribution is 5.82. The summed E-state index contributed by atoms with van der Waals surface area (Å²) in [7, 11) is 0. The lowest BCUT2D eigenvalue weighted by Crippen LogP contribution is -2.47. The number of hydrogen-bond donors (Lipinski definition) is 2. The molecular formula is C13H19N3O4. The zero-order valence-corrected chi connectivity index (χ0v) is 11.7. The normalized spacial score (nSPS) is 21.7. The van der Waals surface area contributed by atoms with Crippen LogP contribution in [0.2, 0.25) is 0 Å². The zero-order chi connectivity index (χ0) is 14.6. The van der Waals surface area contributed by atoms with Crippen molar-refractivity contribution in [3.05, 3.63) is 11.8 Å². The summed E-state index contributed by atoms with van der Waals surface area (Å²) in [5.74, 6) is -0.263. The van der Waals surface area contributed by atoms with Gasteiger partial charge in [-0.2, -0.15) is 4.98 Å². The number of aromatic nitrogens is 2. The van der Waals surface area contributed by atoms with Crippen molar-refractivity contribution < 1.29 is 19.4 Å². The molecule has 2 rings (SSSR count). The summed E-state index contributed by atoms with van der Waals surface area (Å²) in [4.78, 5) is 19.9. The van der Waals surface area contributed by atoms with Crippen molar-refractivity contribution in [2.45, 2.75) is 32.2 Å². The molecule has 1 fully saturated rings. The highest BCUT2D eigenvalue weighted by Crippen LogP contribution is 2.24. The van der Waals surface area contributed by atoms with E-state index in [1.807, 2.05) is 13.8 Å². The maximum absolute atomic E-state index is 11.4. The third-order valence-corrected chi connectivity index (χ3v) is 3.07. The molecule has 0 spiro atoms. The summed E-state index contributed by atoms with van der Waals surface area (Å²) in [6.45, 7) is 4.88. The molecule has 2 heterocycles. The molecule has 1 aromatic rings. The van der Waals surface area contributed by atoms with E-state index in [0.717, 1.165) is 6.42 Å². The Hall–Kier alpha value is -1.89. The number of hydrogen-bond acceptors (Lipinski definition) is 6. The second kappa shape index (κ2) is 6.04. The molecule has 110 valence electrons. The molecule has 1 atom stereocenters. The van der Waals surface area contributed by atoms with Gasteiger partial charge in [0.25, 0.3) is 0 Å². The second-order valence-corrected chi connectivity index (χ2v) is 4.83. The summed E-state index contributed by atoms with van der Waals surface area (Å²) in [6, 6.07) is 1.72. The number of aryl methyl sites for hydroxylation is 1. The molecule has 1 saturated heterocycles. The van der Waals surface area contributed by atoms with E-state index in [-0.39, 0.29) is 12.6 Å². The minimum absolute atomic E-state index is 0.102. The molecule has 0 aliphatic carbocycles. The van der Waals surface area contributed by atoms with Crippen LogP contribution in [0.5, 0.6) is 5.88 Å². The van der Waals surface area contributed by atoms with Crippen molar-refractivity contribution in [2.24, 2.45) is 0 Å². The lowest BCUT2D eigenvalue weighted by molar-refractivity contribution is -0.142. The van der Waals surface area contributed by atoms with E-state index >= 15 is 0 Å². The lowest BCUT2D eigenvalue weighted by Gasteiger charge is -2.23. The van der Waals surface area contributed by atoms with E-state index in [1.165, 1.54) is 0 Å². The molecule has 20 heavy (non-hydrogen) atoms. The summed E-state index contributed by atoms with van der Waals surface area (Å²) in [5.41, 5.74) is -0.441. The first kappa shape index (κ1) is 14.5. The number of carboxylic acids is 1. The molecule has 1 aromatic heterocycles. The Balaban J connectivity index is 2.19. The lowest BCUT2D eigenvalue weighted by atomic mass is 9.99. The van der Waals surface area contributed by atoms with Crippen LogP contribution in [0, 0.1) is 6.92 Å². The second-order valence-electron chi connectivity index (χ2n) is 4.83. The Kier molecular flexibility index (Phi) is 4.39. The van der Waals surface area contributed by atoms with Crippen molar-refractivity contribution >= 4 is 11.9 Å². The first-order chi connectivity index (χ1) is 9.55. The van der Waals surface area contributed by atoms with Crippen LogP contribution in [-0.2, 0) is 9.53 Å². The van der Waals surface area contributed by atoms with E-state index < -0.39 is 11.5 Å². The van der Waals surface area contributed by atoms with Crippen LogP contribution in [-0.4, -0.2) is 46.4 Å². The van der Waals surface area contributed by atoms with Crippen molar-refractivity contribution in [1.82, 2.24) is 9.97 Å². The fourth-order valence-electron chi connectivity index (χ4n) is 1.98. The molecule has 0 radical (unpaired) electrons. The van der Waals surface area contributed by atoms with Gasteiger partial charge in [-0.1, -0.05) is 6.92 Å². The molecular weight excluding hydrogens is 262 g/mol. The Labute approximate surface area is 117 Å². The van der Waals surface area contributed by atoms with Crippen LogP contribution in [0.4, 0.5) is 5.95 Å². The van der Waals surface area contributed by atoms with Crippen LogP contribution < -0.4 is 10.1 Å². The average molecular weight is 281 g/mol. The molecule has 2 N–H and O–H groups in total. The largest absolute Gasteiger partial charge is 0.479 e. The number of ether oxygens (including phenoxy) is 2. The van der Waals surface area contributed by atoms with Gasteiger partial charge in [0.15, 0.2) is 5.54 Å². The topological polar surface area (TPSA) is 93.6 Å². The van der Waals surface area contributed by atoms with Crippen molar-refractivity contribution in [1.29, 1.82) is 0 Å². The highest BCUT2D eigenvalue weighted by Gasteiger charge is 2.43. The maximum atomic E-state index is 11.4. The molecule has 7 heteroatoms. The molecule has 1 aliphatic heterocycles. The highest BCUT2D eigenvalue weighted by atomic mass is 16.5. The zero-order valence-electron chi connectivity index (χ0n) is 11.7. The van der Waals surface area contributed by atoms with Gasteiger partial charge in [0.1, 0.15) is 0 Å². The van der Waals surface area contributed by atoms with Gasteiger partial charge >= 0.3 is 5.97 Å². The van der Waals surface area contributed by atoms with E-state index in [1.54, 1.807) is 6.07 Å². The van der Waals surface area contributed by atoms with Gasteiger partial charge in [-0.25, -0.2) is 9.78 Å². The number of anilines is 1. The first-order valence-corrected chi connectivity index (χ1v) is 6.63. The van der Waals surface area contributed by atoms with Crippen molar-refractivity contribution in [3.63, 3.8) is 0 Å². The molecule has 7 nitrogen and oxygen atoms in total. The van der Waals surface area contributed by atoms with Gasteiger partial charge in [-0.3, -0.25) is 0 Å². The van der Waals surface area contributed by atoms with Crippen molar-refractivity contribution in [2.75, 3.05) is 25.1 Å². The van der Waals surface area contributed by atoms with Gasteiger partial charge < -0.3 is 19.9 Å². The van der Waals surface area contributed by atoms with Crippen LogP contribution in [0.3, 0.4) is 0 Å². The molecule has 0 amide bonds. The Morgan fingerprint density at radius 1 is 1.60 bits per heavy atom. The molecule has 0 aromatic carbocycles. The fourth-order valence-corrected chi connectivity index (χ4v) is 1.98. The van der Waals surface area contributed by atoms with Crippen LogP contribution >= 0.6 is 0 Å². The van der Waals surface area contributed by atoms with E-state index in [0.29, 0.717) is 31.2 Å². The smallest absolute Gasteiger partial charge is 0.331 e. The quantitative estimate of drug-likeness (QED) is 0.809. The fraction of sp³-hybridized carbons (Fsp3) is 0.615. The number of aliphatic carboxylic acids is 1. The molecule has 0 saturated carbocycles. The molecule has 0 bridgehead atoms.